The Hall–Kier alpha value is -1.96. The number of hydrogen-bond acceptors (Lipinski definition) is 6. The van der Waals surface area contributed by atoms with Gasteiger partial charge in [0.2, 0.25) is 0 Å². The van der Waals surface area contributed by atoms with Crippen LogP contribution in [0.1, 0.15) is 33.8 Å². The average molecular weight is 358 g/mol. The van der Waals surface area contributed by atoms with E-state index in [2.05, 4.69) is 31.9 Å². The van der Waals surface area contributed by atoms with Crippen molar-refractivity contribution in [3.05, 3.63) is 58.0 Å². The number of imidazole rings is 1. The van der Waals surface area contributed by atoms with E-state index in [-0.39, 0.29) is 0 Å². The van der Waals surface area contributed by atoms with Gasteiger partial charge in [-0.2, -0.15) is 0 Å². The van der Waals surface area contributed by atoms with Crippen molar-refractivity contribution >= 4 is 11.3 Å². The van der Waals surface area contributed by atoms with Crippen molar-refractivity contribution in [2.24, 2.45) is 7.05 Å². The molecule has 4 heterocycles. The summed E-state index contributed by atoms with van der Waals surface area (Å²) in [6.07, 6.45) is 3.62. The number of thiazole rings is 1. The van der Waals surface area contributed by atoms with Crippen LogP contribution in [-0.4, -0.2) is 32.6 Å². The van der Waals surface area contributed by atoms with Crippen molar-refractivity contribution < 1.29 is 9.15 Å². The lowest BCUT2D eigenvalue weighted by Crippen LogP contribution is -2.35. The molecule has 0 radical (unpaired) electrons. The van der Waals surface area contributed by atoms with Crippen molar-refractivity contribution in [2.45, 2.75) is 32.5 Å². The molecule has 0 saturated heterocycles. The topological polar surface area (TPSA) is 56.3 Å². The van der Waals surface area contributed by atoms with Gasteiger partial charge in [-0.05, 0) is 19.1 Å². The van der Waals surface area contributed by atoms with Gasteiger partial charge in [0.15, 0.2) is 0 Å². The summed E-state index contributed by atoms with van der Waals surface area (Å²) in [4.78, 5) is 11.4. The van der Waals surface area contributed by atoms with Crippen molar-refractivity contribution in [1.29, 1.82) is 0 Å². The Morgan fingerprint density at radius 1 is 1.44 bits per heavy atom. The quantitative estimate of drug-likeness (QED) is 0.678. The second kappa shape index (κ2) is 7.11. The molecule has 1 aliphatic heterocycles. The van der Waals surface area contributed by atoms with Gasteiger partial charge >= 0.3 is 0 Å². The molecule has 1 aliphatic rings. The summed E-state index contributed by atoms with van der Waals surface area (Å²) in [5.41, 5.74) is 3.43. The molecule has 0 aliphatic carbocycles. The molecule has 4 rings (SSSR count). The lowest BCUT2D eigenvalue weighted by atomic mass is 9.99. The van der Waals surface area contributed by atoms with Crippen LogP contribution in [0.2, 0.25) is 0 Å². The SMILES string of the molecule is Cc1nc(COCC2CN(Cc3ccco3)Cc3ncn(C)c32)cs1. The number of hydrogen-bond donors (Lipinski definition) is 0. The number of ether oxygens (including phenoxy) is 1. The van der Waals surface area contributed by atoms with E-state index in [9.17, 15) is 0 Å². The van der Waals surface area contributed by atoms with Gasteiger partial charge in [-0.15, -0.1) is 11.3 Å². The van der Waals surface area contributed by atoms with Gasteiger partial charge < -0.3 is 13.7 Å². The second-order valence-electron chi connectivity index (χ2n) is 6.51. The van der Waals surface area contributed by atoms with Crippen LogP contribution in [0.15, 0.2) is 34.5 Å². The smallest absolute Gasteiger partial charge is 0.117 e. The van der Waals surface area contributed by atoms with Gasteiger partial charge in [0.1, 0.15) is 5.76 Å². The lowest BCUT2D eigenvalue weighted by Gasteiger charge is -2.32. The van der Waals surface area contributed by atoms with E-state index < -0.39 is 0 Å². The molecule has 0 amide bonds. The van der Waals surface area contributed by atoms with E-state index in [1.165, 1.54) is 5.69 Å². The molecule has 3 aromatic heterocycles. The Balaban J connectivity index is 1.43. The van der Waals surface area contributed by atoms with Crippen LogP contribution in [0.4, 0.5) is 0 Å². The van der Waals surface area contributed by atoms with Crippen LogP contribution >= 0.6 is 11.3 Å². The van der Waals surface area contributed by atoms with Crippen LogP contribution in [0.25, 0.3) is 0 Å². The van der Waals surface area contributed by atoms with E-state index in [4.69, 9.17) is 9.15 Å². The van der Waals surface area contributed by atoms with Crippen LogP contribution in [0.5, 0.6) is 0 Å². The zero-order valence-electron chi connectivity index (χ0n) is 14.5. The normalized spacial score (nSPS) is 17.8. The number of aryl methyl sites for hydroxylation is 2. The molecule has 0 N–H and O–H groups in total. The Labute approximate surface area is 151 Å². The van der Waals surface area contributed by atoms with Crippen molar-refractivity contribution in [3.8, 4) is 0 Å². The first-order valence-corrected chi connectivity index (χ1v) is 9.30. The van der Waals surface area contributed by atoms with Crippen LogP contribution in [0.3, 0.4) is 0 Å². The maximum atomic E-state index is 5.99. The van der Waals surface area contributed by atoms with E-state index in [1.54, 1.807) is 17.6 Å². The zero-order valence-corrected chi connectivity index (χ0v) is 15.3. The summed E-state index contributed by atoms with van der Waals surface area (Å²) in [5, 5.41) is 3.14. The summed E-state index contributed by atoms with van der Waals surface area (Å²) < 4.78 is 13.6. The summed E-state index contributed by atoms with van der Waals surface area (Å²) >= 11 is 1.66. The van der Waals surface area contributed by atoms with E-state index in [0.717, 1.165) is 41.8 Å². The van der Waals surface area contributed by atoms with Crippen LogP contribution in [-0.2, 0) is 31.5 Å². The third-order valence-electron chi connectivity index (χ3n) is 4.50. The molecule has 0 saturated carbocycles. The fourth-order valence-electron chi connectivity index (χ4n) is 3.46. The average Bonchev–Trinajstić information content (AvgIpc) is 3.31. The van der Waals surface area contributed by atoms with Gasteiger partial charge in [-0.1, -0.05) is 0 Å². The molecule has 1 atom stereocenters. The molecule has 3 aromatic rings. The molecular weight excluding hydrogens is 336 g/mol. The fourth-order valence-corrected chi connectivity index (χ4v) is 4.06. The maximum absolute atomic E-state index is 5.99. The van der Waals surface area contributed by atoms with E-state index in [1.807, 2.05) is 25.4 Å². The molecule has 0 aromatic carbocycles. The van der Waals surface area contributed by atoms with Crippen LogP contribution < -0.4 is 0 Å². The first-order chi connectivity index (χ1) is 12.2. The molecular formula is C18H22N4O2S. The monoisotopic (exact) mass is 358 g/mol. The summed E-state index contributed by atoms with van der Waals surface area (Å²) in [6.45, 7) is 5.82. The molecule has 6 nitrogen and oxygen atoms in total. The summed E-state index contributed by atoms with van der Waals surface area (Å²) in [5.74, 6) is 1.28. The fraction of sp³-hybridized carbons (Fsp3) is 0.444. The molecule has 0 bridgehead atoms. The van der Waals surface area contributed by atoms with Gasteiger partial charge in [0, 0.05) is 37.1 Å². The number of rotatable bonds is 6. The Bertz CT molecular complexity index is 824. The van der Waals surface area contributed by atoms with E-state index in [0.29, 0.717) is 19.1 Å². The minimum absolute atomic E-state index is 0.297. The summed E-state index contributed by atoms with van der Waals surface area (Å²) in [6, 6.07) is 3.95. The number of aromatic nitrogens is 3. The third-order valence-corrected chi connectivity index (χ3v) is 5.32. The molecule has 7 heteroatoms. The number of fused-ring (bicyclic) bond motifs is 1. The van der Waals surface area contributed by atoms with Gasteiger partial charge in [-0.3, -0.25) is 4.90 Å². The van der Waals surface area contributed by atoms with E-state index >= 15 is 0 Å². The minimum Gasteiger partial charge on any atom is -0.468 e. The van der Waals surface area contributed by atoms with Crippen molar-refractivity contribution in [3.63, 3.8) is 0 Å². The predicted molar refractivity (Wildman–Crippen MR) is 95.3 cm³/mol. The van der Waals surface area contributed by atoms with Crippen LogP contribution in [0, 0.1) is 6.92 Å². The molecule has 0 fully saturated rings. The third kappa shape index (κ3) is 3.68. The Morgan fingerprint density at radius 3 is 3.12 bits per heavy atom. The van der Waals surface area contributed by atoms with Gasteiger partial charge in [0.25, 0.3) is 0 Å². The highest BCUT2D eigenvalue weighted by molar-refractivity contribution is 7.09. The Kier molecular flexibility index (Phi) is 4.70. The van der Waals surface area contributed by atoms with Gasteiger partial charge in [0.05, 0.1) is 48.7 Å². The highest BCUT2D eigenvalue weighted by Crippen LogP contribution is 2.29. The first-order valence-electron chi connectivity index (χ1n) is 8.42. The van der Waals surface area contributed by atoms with Crippen molar-refractivity contribution in [2.75, 3.05) is 13.2 Å². The number of furan rings is 1. The zero-order chi connectivity index (χ0) is 17.2. The molecule has 132 valence electrons. The first kappa shape index (κ1) is 16.5. The Morgan fingerprint density at radius 2 is 2.36 bits per heavy atom. The maximum Gasteiger partial charge on any atom is 0.117 e. The van der Waals surface area contributed by atoms with Crippen molar-refractivity contribution in [1.82, 2.24) is 19.4 Å². The minimum atomic E-state index is 0.297. The standard InChI is InChI=1S/C18H22N4O2S/c1-13-20-15(11-25-13)10-23-9-14-6-22(7-16-4-3-5-24-16)8-17-18(14)21(2)12-19-17/h3-5,11-12,14H,6-10H2,1-2H3. The molecule has 25 heavy (non-hydrogen) atoms. The molecule has 1 unspecified atom stereocenters. The highest BCUT2D eigenvalue weighted by Gasteiger charge is 2.29. The highest BCUT2D eigenvalue weighted by atomic mass is 32.1. The second-order valence-corrected chi connectivity index (χ2v) is 7.57. The predicted octanol–water partition coefficient (Wildman–Crippen LogP) is 3.09. The lowest BCUT2D eigenvalue weighted by molar-refractivity contribution is 0.0800. The number of nitrogens with zero attached hydrogens (tertiary/aromatic N) is 4. The largest absolute Gasteiger partial charge is 0.468 e. The van der Waals surface area contributed by atoms with Gasteiger partial charge in [-0.25, -0.2) is 9.97 Å². The molecule has 0 spiro atoms. The summed E-state index contributed by atoms with van der Waals surface area (Å²) in [7, 11) is 2.06.